The number of fused-ring (bicyclic) bond motifs is 2. The fourth-order valence-corrected chi connectivity index (χ4v) is 3.69. The first-order valence-corrected chi connectivity index (χ1v) is 9.76. The highest BCUT2D eigenvalue weighted by Crippen LogP contribution is 2.27. The predicted octanol–water partition coefficient (Wildman–Crippen LogP) is 3.09. The molecule has 0 saturated heterocycles. The van der Waals surface area contributed by atoms with Crippen LogP contribution in [-0.2, 0) is 13.0 Å². The number of pyridine rings is 1. The van der Waals surface area contributed by atoms with Gasteiger partial charge in [0.1, 0.15) is 5.82 Å². The molecule has 0 saturated carbocycles. The summed E-state index contributed by atoms with van der Waals surface area (Å²) in [5.74, 6) is 0.824. The number of aromatic nitrogens is 1. The fourth-order valence-electron chi connectivity index (χ4n) is 3.69. The molecule has 0 bridgehead atoms. The molecule has 5 heteroatoms. The minimum Gasteiger partial charge on any atom is -0.352 e. The summed E-state index contributed by atoms with van der Waals surface area (Å²) in [6.07, 6.45) is 0.995. The lowest BCUT2D eigenvalue weighted by Crippen LogP contribution is -2.33. The second kappa shape index (κ2) is 7.98. The topological polar surface area (TPSA) is 48.5 Å². The van der Waals surface area contributed by atoms with Crippen molar-refractivity contribution >= 4 is 22.6 Å². The van der Waals surface area contributed by atoms with Gasteiger partial charge in [-0.3, -0.25) is 4.79 Å². The number of para-hydroxylation sites is 1. The van der Waals surface area contributed by atoms with Crippen molar-refractivity contribution in [1.82, 2.24) is 15.2 Å². The average Bonchev–Trinajstić information content (AvgIpc) is 2.72. The third-order valence-corrected chi connectivity index (χ3v) is 5.25. The van der Waals surface area contributed by atoms with Crippen LogP contribution in [0.4, 0.5) is 5.82 Å². The molecule has 2 heterocycles. The maximum absolute atomic E-state index is 12.9. The largest absolute Gasteiger partial charge is 0.352 e. The molecule has 0 fully saturated rings. The van der Waals surface area contributed by atoms with Crippen LogP contribution in [0.25, 0.3) is 10.9 Å². The molecule has 1 aromatic heterocycles. The molecule has 1 aliphatic heterocycles. The van der Waals surface area contributed by atoms with E-state index in [0.29, 0.717) is 12.1 Å². The van der Waals surface area contributed by atoms with Gasteiger partial charge in [-0.05, 0) is 43.8 Å². The number of anilines is 1. The molecule has 4 rings (SSSR count). The number of hydrogen-bond acceptors (Lipinski definition) is 4. The number of nitrogens with zero attached hydrogens (tertiary/aromatic N) is 3. The first-order chi connectivity index (χ1) is 13.6. The number of likely N-dealkylation sites (N-methyl/N-ethyl adjacent to an activating group) is 1. The van der Waals surface area contributed by atoms with Crippen LogP contribution >= 0.6 is 0 Å². The number of rotatable bonds is 5. The highest BCUT2D eigenvalue weighted by Gasteiger charge is 2.20. The highest BCUT2D eigenvalue weighted by atomic mass is 16.1. The van der Waals surface area contributed by atoms with E-state index >= 15 is 0 Å². The van der Waals surface area contributed by atoms with Gasteiger partial charge in [0.05, 0.1) is 11.1 Å². The van der Waals surface area contributed by atoms with Crippen LogP contribution < -0.4 is 10.2 Å². The zero-order valence-corrected chi connectivity index (χ0v) is 16.5. The average molecular weight is 374 g/mol. The van der Waals surface area contributed by atoms with Crippen molar-refractivity contribution in [2.24, 2.45) is 0 Å². The van der Waals surface area contributed by atoms with Crippen molar-refractivity contribution < 1.29 is 4.79 Å². The van der Waals surface area contributed by atoms with Crippen molar-refractivity contribution in [3.63, 3.8) is 0 Å². The third kappa shape index (κ3) is 3.85. The highest BCUT2D eigenvalue weighted by molar-refractivity contribution is 6.07. The number of carbonyl (C=O) groups excluding carboxylic acids is 1. The van der Waals surface area contributed by atoms with E-state index < -0.39 is 0 Å². The van der Waals surface area contributed by atoms with Crippen LogP contribution in [0.2, 0.25) is 0 Å². The molecule has 0 spiro atoms. The zero-order chi connectivity index (χ0) is 19.5. The molecule has 1 aliphatic rings. The van der Waals surface area contributed by atoms with E-state index in [2.05, 4.69) is 39.4 Å². The summed E-state index contributed by atoms with van der Waals surface area (Å²) in [5.41, 5.74) is 4.29. The lowest BCUT2D eigenvalue weighted by Gasteiger charge is -2.30. The number of benzene rings is 2. The molecule has 0 radical (unpaired) electrons. The van der Waals surface area contributed by atoms with Crippen molar-refractivity contribution in [3.8, 4) is 0 Å². The van der Waals surface area contributed by atoms with Crippen molar-refractivity contribution in [2.75, 3.05) is 38.6 Å². The standard InChI is InChI=1S/C23H26N4O/c1-26(2)14-12-24-23(28)20-15-22(25-21-10-6-5-9-19(20)21)27-13-11-17-7-3-4-8-18(17)16-27/h3-10,15H,11-14,16H2,1-2H3,(H,24,28). The van der Waals surface area contributed by atoms with Gasteiger partial charge in [0.25, 0.3) is 5.91 Å². The Morgan fingerprint density at radius 3 is 2.68 bits per heavy atom. The van der Waals surface area contributed by atoms with E-state index in [1.54, 1.807) is 0 Å². The number of hydrogen-bond donors (Lipinski definition) is 1. The Labute approximate surface area is 166 Å². The lowest BCUT2D eigenvalue weighted by molar-refractivity contribution is 0.0952. The van der Waals surface area contributed by atoms with Crippen molar-refractivity contribution in [1.29, 1.82) is 0 Å². The second-order valence-corrected chi connectivity index (χ2v) is 7.54. The molecule has 28 heavy (non-hydrogen) atoms. The minimum absolute atomic E-state index is 0.0425. The van der Waals surface area contributed by atoms with E-state index in [4.69, 9.17) is 4.98 Å². The first-order valence-electron chi connectivity index (χ1n) is 9.76. The van der Waals surface area contributed by atoms with Crippen molar-refractivity contribution in [2.45, 2.75) is 13.0 Å². The predicted molar refractivity (Wildman–Crippen MR) is 114 cm³/mol. The second-order valence-electron chi connectivity index (χ2n) is 7.54. The Bertz CT molecular complexity index is 999. The van der Waals surface area contributed by atoms with E-state index in [9.17, 15) is 4.79 Å². The maximum atomic E-state index is 12.9. The Morgan fingerprint density at radius 2 is 1.86 bits per heavy atom. The van der Waals surface area contributed by atoms with Gasteiger partial charge in [-0.15, -0.1) is 0 Å². The summed E-state index contributed by atoms with van der Waals surface area (Å²) in [5, 5.41) is 3.94. The SMILES string of the molecule is CN(C)CCNC(=O)c1cc(N2CCc3ccccc3C2)nc2ccccc12. The summed E-state index contributed by atoms with van der Waals surface area (Å²) in [4.78, 5) is 22.1. The number of carbonyl (C=O) groups is 1. The van der Waals surface area contributed by atoms with E-state index in [1.165, 1.54) is 11.1 Å². The Balaban J connectivity index is 1.66. The Hall–Kier alpha value is -2.92. The van der Waals surface area contributed by atoms with Gasteiger partial charge in [-0.2, -0.15) is 0 Å². The van der Waals surface area contributed by atoms with Gasteiger partial charge >= 0.3 is 0 Å². The van der Waals surface area contributed by atoms with E-state index in [1.807, 2.05) is 44.4 Å². The summed E-state index contributed by atoms with van der Waals surface area (Å²) in [6.45, 7) is 3.16. The van der Waals surface area contributed by atoms with Gasteiger partial charge in [0, 0.05) is 31.6 Å². The molecule has 0 aliphatic carbocycles. The molecule has 0 unspecified atom stereocenters. The molecule has 2 aromatic carbocycles. The molecular formula is C23H26N4O. The van der Waals surface area contributed by atoms with E-state index in [0.717, 1.165) is 42.8 Å². The summed E-state index contributed by atoms with van der Waals surface area (Å²) in [7, 11) is 4.00. The summed E-state index contributed by atoms with van der Waals surface area (Å²) < 4.78 is 0. The quantitative estimate of drug-likeness (QED) is 0.746. The molecule has 1 N–H and O–H groups in total. The van der Waals surface area contributed by atoms with Gasteiger partial charge < -0.3 is 15.1 Å². The molecule has 5 nitrogen and oxygen atoms in total. The summed E-state index contributed by atoms with van der Waals surface area (Å²) in [6, 6.07) is 18.4. The van der Waals surface area contributed by atoms with Crippen LogP contribution in [0.5, 0.6) is 0 Å². The minimum atomic E-state index is -0.0425. The zero-order valence-electron chi connectivity index (χ0n) is 16.5. The van der Waals surface area contributed by atoms with E-state index in [-0.39, 0.29) is 5.91 Å². The summed E-state index contributed by atoms with van der Waals surface area (Å²) >= 11 is 0. The van der Waals surface area contributed by atoms with Crippen LogP contribution in [0, 0.1) is 0 Å². The molecule has 0 atom stereocenters. The van der Waals surface area contributed by atoms with Crippen LogP contribution in [0.15, 0.2) is 54.6 Å². The maximum Gasteiger partial charge on any atom is 0.252 e. The Kier molecular flexibility index (Phi) is 5.26. The van der Waals surface area contributed by atoms with Gasteiger partial charge in [0.15, 0.2) is 0 Å². The van der Waals surface area contributed by atoms with Crippen LogP contribution in [-0.4, -0.2) is 49.5 Å². The molecule has 1 amide bonds. The monoisotopic (exact) mass is 374 g/mol. The van der Waals surface area contributed by atoms with Gasteiger partial charge in [-0.1, -0.05) is 42.5 Å². The fraction of sp³-hybridized carbons (Fsp3) is 0.304. The van der Waals surface area contributed by atoms with Crippen molar-refractivity contribution in [3.05, 3.63) is 71.3 Å². The van der Waals surface area contributed by atoms with Gasteiger partial charge in [-0.25, -0.2) is 4.98 Å². The molecule has 144 valence electrons. The van der Waals surface area contributed by atoms with Crippen LogP contribution in [0.1, 0.15) is 21.5 Å². The smallest absolute Gasteiger partial charge is 0.252 e. The molecular weight excluding hydrogens is 348 g/mol. The first kappa shape index (κ1) is 18.4. The molecule has 3 aromatic rings. The Morgan fingerprint density at radius 1 is 1.11 bits per heavy atom. The normalized spacial score (nSPS) is 13.6. The lowest BCUT2D eigenvalue weighted by atomic mass is 9.99. The van der Waals surface area contributed by atoms with Gasteiger partial charge in [0.2, 0.25) is 0 Å². The number of nitrogens with one attached hydrogen (secondary N) is 1. The van der Waals surface area contributed by atoms with Crippen LogP contribution in [0.3, 0.4) is 0 Å². The third-order valence-electron chi connectivity index (χ3n) is 5.25. The number of amides is 1.